The van der Waals surface area contributed by atoms with Gasteiger partial charge in [0.1, 0.15) is 0 Å². The summed E-state index contributed by atoms with van der Waals surface area (Å²) in [5.41, 5.74) is 0. The number of carbonyl (C=O) groups is 1. The minimum atomic E-state index is -0.692. The highest BCUT2D eigenvalue weighted by Crippen LogP contribution is 2.52. The summed E-state index contributed by atoms with van der Waals surface area (Å²) in [5, 5.41) is 12.1. The third-order valence-electron chi connectivity index (χ3n) is 5.21. The van der Waals surface area contributed by atoms with Crippen molar-refractivity contribution in [3.8, 4) is 0 Å². The monoisotopic (exact) mass is 309 g/mol. The number of allylic oxidation sites excluding steroid dienone is 2. The molecule has 2 N–H and O–H groups in total. The summed E-state index contributed by atoms with van der Waals surface area (Å²) >= 11 is 0. The average molecular weight is 309 g/mol. The molecule has 2 fully saturated rings. The lowest BCUT2D eigenvalue weighted by Gasteiger charge is -2.29. The number of fused-ring (bicyclic) bond motifs is 2. The molecule has 2 saturated carbocycles. The number of aliphatic carboxylic acids is 1. The van der Waals surface area contributed by atoms with Crippen LogP contribution in [0.15, 0.2) is 12.2 Å². The molecule has 2 aliphatic carbocycles. The number of ether oxygens (including phenoxy) is 1. The van der Waals surface area contributed by atoms with E-state index >= 15 is 0 Å². The van der Waals surface area contributed by atoms with E-state index in [-0.39, 0.29) is 6.42 Å². The maximum Gasteiger partial charge on any atom is 0.303 e. The van der Waals surface area contributed by atoms with Crippen LogP contribution in [0.4, 0.5) is 0 Å². The molecule has 0 amide bonds. The number of carboxylic acids is 1. The van der Waals surface area contributed by atoms with E-state index in [4.69, 9.17) is 9.84 Å². The van der Waals surface area contributed by atoms with Crippen LogP contribution in [-0.2, 0) is 9.53 Å². The highest BCUT2D eigenvalue weighted by Gasteiger charge is 2.45. The molecule has 2 aliphatic rings. The topological polar surface area (TPSA) is 58.6 Å². The highest BCUT2D eigenvalue weighted by molar-refractivity contribution is 5.66. The second-order valence-corrected chi connectivity index (χ2v) is 6.80. The molecular formula is C18H31NO3. The molecule has 0 aromatic carbocycles. The van der Waals surface area contributed by atoms with E-state index in [2.05, 4.69) is 24.4 Å². The predicted octanol–water partition coefficient (Wildman–Crippen LogP) is 3.43. The van der Waals surface area contributed by atoms with Crippen molar-refractivity contribution >= 4 is 5.97 Å². The molecule has 0 aliphatic heterocycles. The first kappa shape index (κ1) is 17.5. The van der Waals surface area contributed by atoms with Gasteiger partial charge in [-0.1, -0.05) is 19.1 Å². The predicted molar refractivity (Wildman–Crippen MR) is 87.6 cm³/mol. The lowest BCUT2D eigenvalue weighted by molar-refractivity contribution is -0.137. The first-order valence-corrected chi connectivity index (χ1v) is 8.89. The van der Waals surface area contributed by atoms with Crippen molar-refractivity contribution < 1.29 is 14.6 Å². The van der Waals surface area contributed by atoms with E-state index in [9.17, 15) is 4.79 Å². The van der Waals surface area contributed by atoms with Crippen molar-refractivity contribution in [2.24, 2.45) is 23.7 Å². The van der Waals surface area contributed by atoms with E-state index in [1.807, 2.05) is 0 Å². The summed E-state index contributed by atoms with van der Waals surface area (Å²) in [6.45, 7) is 4.67. The molecule has 22 heavy (non-hydrogen) atoms. The van der Waals surface area contributed by atoms with Crippen LogP contribution in [0.25, 0.3) is 0 Å². The summed E-state index contributed by atoms with van der Waals surface area (Å²) in [6.07, 6.45) is 11.7. The smallest absolute Gasteiger partial charge is 0.303 e. The Morgan fingerprint density at radius 3 is 2.95 bits per heavy atom. The molecule has 4 atom stereocenters. The molecule has 0 aromatic heterocycles. The molecule has 0 radical (unpaired) electrons. The first-order chi connectivity index (χ1) is 10.7. The Kier molecular flexibility index (Phi) is 7.40. The standard InChI is InChI=1S/C18H31NO3/c1-2-10-22-13-19-12-17-15-9-8-14(11-15)16(17)6-4-3-5-7-18(20)21/h4,6,14-17,19H,2-3,5,7-13H2,1H3,(H,20,21)/b6-4-/t14?,15-,16+,17+/m0/s1. The number of unbranched alkanes of at least 4 members (excludes halogenated alkanes) is 1. The van der Waals surface area contributed by atoms with E-state index < -0.39 is 5.97 Å². The van der Waals surface area contributed by atoms with Gasteiger partial charge in [0.2, 0.25) is 0 Å². The fourth-order valence-electron chi connectivity index (χ4n) is 4.20. The zero-order valence-electron chi connectivity index (χ0n) is 13.8. The summed E-state index contributed by atoms with van der Waals surface area (Å²) < 4.78 is 5.51. The Bertz CT molecular complexity index is 369. The molecular weight excluding hydrogens is 278 g/mol. The molecule has 0 heterocycles. The number of carboxylic acid groups (broad SMARTS) is 1. The lowest BCUT2D eigenvalue weighted by atomic mass is 9.79. The van der Waals surface area contributed by atoms with Gasteiger partial charge in [0.05, 0.1) is 6.73 Å². The number of rotatable bonds is 11. The lowest BCUT2D eigenvalue weighted by Crippen LogP contribution is -2.33. The van der Waals surface area contributed by atoms with Crippen LogP contribution in [0.2, 0.25) is 0 Å². The van der Waals surface area contributed by atoms with Crippen LogP contribution in [0.5, 0.6) is 0 Å². The summed E-state index contributed by atoms with van der Waals surface area (Å²) in [4.78, 5) is 10.5. The Balaban J connectivity index is 1.72. The van der Waals surface area contributed by atoms with Crippen LogP contribution in [-0.4, -0.2) is 31.0 Å². The SMILES string of the molecule is CCCOCNC[C@@H]1[C@H]2CCC(C2)[C@H]1/C=C\CCCC(=O)O. The third-order valence-corrected chi connectivity index (χ3v) is 5.21. The van der Waals surface area contributed by atoms with E-state index in [1.165, 1.54) is 19.3 Å². The Morgan fingerprint density at radius 2 is 2.18 bits per heavy atom. The maximum atomic E-state index is 10.5. The zero-order chi connectivity index (χ0) is 15.8. The second-order valence-electron chi connectivity index (χ2n) is 6.80. The fourth-order valence-corrected chi connectivity index (χ4v) is 4.20. The Hall–Kier alpha value is -0.870. The van der Waals surface area contributed by atoms with Crippen molar-refractivity contribution in [1.82, 2.24) is 5.32 Å². The number of hydrogen-bond donors (Lipinski definition) is 2. The number of nitrogens with one attached hydrogen (secondary N) is 1. The minimum Gasteiger partial charge on any atom is -0.481 e. The van der Waals surface area contributed by atoms with Crippen molar-refractivity contribution in [1.29, 1.82) is 0 Å². The van der Waals surface area contributed by atoms with Gasteiger partial charge in [0.25, 0.3) is 0 Å². The Labute approximate surface area is 134 Å². The van der Waals surface area contributed by atoms with E-state index in [1.54, 1.807) is 0 Å². The van der Waals surface area contributed by atoms with Crippen LogP contribution in [0.1, 0.15) is 51.9 Å². The van der Waals surface area contributed by atoms with E-state index in [0.717, 1.165) is 50.2 Å². The van der Waals surface area contributed by atoms with Gasteiger partial charge in [-0.2, -0.15) is 0 Å². The normalized spacial score (nSPS) is 30.4. The first-order valence-electron chi connectivity index (χ1n) is 8.89. The van der Waals surface area contributed by atoms with Crippen molar-refractivity contribution in [3.63, 3.8) is 0 Å². The van der Waals surface area contributed by atoms with Gasteiger partial charge in [-0.25, -0.2) is 0 Å². The van der Waals surface area contributed by atoms with Gasteiger partial charge in [-0.3, -0.25) is 10.1 Å². The number of hydrogen-bond acceptors (Lipinski definition) is 3. The highest BCUT2D eigenvalue weighted by atomic mass is 16.5. The largest absolute Gasteiger partial charge is 0.481 e. The Morgan fingerprint density at radius 1 is 1.36 bits per heavy atom. The van der Waals surface area contributed by atoms with Gasteiger partial charge < -0.3 is 9.84 Å². The zero-order valence-corrected chi connectivity index (χ0v) is 13.8. The summed E-state index contributed by atoms with van der Waals surface area (Å²) in [5.74, 6) is 2.45. The molecule has 0 spiro atoms. The fraction of sp³-hybridized carbons (Fsp3) is 0.833. The van der Waals surface area contributed by atoms with Crippen LogP contribution >= 0.6 is 0 Å². The average Bonchev–Trinajstić information content (AvgIpc) is 3.08. The molecule has 2 bridgehead atoms. The van der Waals surface area contributed by atoms with Crippen LogP contribution in [0.3, 0.4) is 0 Å². The van der Waals surface area contributed by atoms with Crippen LogP contribution < -0.4 is 5.32 Å². The summed E-state index contributed by atoms with van der Waals surface area (Å²) in [7, 11) is 0. The molecule has 0 aromatic rings. The molecule has 0 saturated heterocycles. The molecule has 4 nitrogen and oxygen atoms in total. The van der Waals surface area contributed by atoms with Crippen molar-refractivity contribution in [3.05, 3.63) is 12.2 Å². The maximum absolute atomic E-state index is 10.5. The second kappa shape index (κ2) is 9.31. The van der Waals surface area contributed by atoms with Crippen molar-refractivity contribution in [2.75, 3.05) is 19.9 Å². The minimum absolute atomic E-state index is 0.279. The molecule has 4 heteroatoms. The van der Waals surface area contributed by atoms with Crippen molar-refractivity contribution in [2.45, 2.75) is 51.9 Å². The van der Waals surface area contributed by atoms with Gasteiger partial charge in [-0.15, -0.1) is 0 Å². The van der Waals surface area contributed by atoms with Crippen LogP contribution in [0, 0.1) is 23.7 Å². The molecule has 2 rings (SSSR count). The quantitative estimate of drug-likeness (QED) is 0.349. The van der Waals surface area contributed by atoms with Gasteiger partial charge in [-0.05, 0) is 62.2 Å². The van der Waals surface area contributed by atoms with Gasteiger partial charge in [0, 0.05) is 19.6 Å². The van der Waals surface area contributed by atoms with Gasteiger partial charge in [0.15, 0.2) is 0 Å². The summed E-state index contributed by atoms with van der Waals surface area (Å²) in [6, 6.07) is 0. The molecule has 126 valence electrons. The third kappa shape index (κ3) is 5.10. The van der Waals surface area contributed by atoms with Gasteiger partial charge >= 0.3 is 5.97 Å². The van der Waals surface area contributed by atoms with E-state index in [0.29, 0.717) is 12.6 Å². The molecule has 1 unspecified atom stereocenters.